The number of hydrogen-bond donors (Lipinski definition) is 0. The normalized spacial score (nSPS) is 12.1. The average Bonchev–Trinajstić information content (AvgIpc) is 2.02. The molecule has 64 valence electrons. The molecular formula is C8H9O2PS. The summed E-state index contributed by atoms with van der Waals surface area (Å²) < 4.78 is 21.5. The molecular weight excluding hydrogens is 191 g/mol. The summed E-state index contributed by atoms with van der Waals surface area (Å²) in [5.41, 5.74) is 0.935. The fraction of sp³-hybridized carbons (Fsp3) is 0.125. The molecule has 4 heteroatoms. The van der Waals surface area contributed by atoms with Gasteiger partial charge in [0.15, 0.2) is 9.46 Å². The van der Waals surface area contributed by atoms with Gasteiger partial charge >= 0.3 is 0 Å². The van der Waals surface area contributed by atoms with Crippen LogP contribution < -0.4 is 0 Å². The lowest BCUT2D eigenvalue weighted by molar-refractivity contribution is 0.615. The van der Waals surface area contributed by atoms with Crippen molar-refractivity contribution in [1.29, 1.82) is 0 Å². The third-order valence-electron chi connectivity index (χ3n) is 1.19. The largest absolute Gasteiger partial charge is 0.220 e. The molecule has 1 aromatic carbocycles. The predicted molar refractivity (Wildman–Crippen MR) is 53.4 cm³/mol. The maximum atomic E-state index is 10.8. The van der Waals surface area contributed by atoms with E-state index in [1.54, 1.807) is 5.80 Å². The molecule has 1 aromatic rings. The Kier molecular flexibility index (Phi) is 3.01. The van der Waals surface area contributed by atoms with Gasteiger partial charge in [0, 0.05) is 13.7 Å². The molecule has 0 saturated carbocycles. The predicted octanol–water partition coefficient (Wildman–Crippen LogP) is 1.74. The Labute approximate surface area is 73.7 Å². The quantitative estimate of drug-likeness (QED) is 0.681. The minimum Gasteiger partial charge on any atom is -0.220 e. The zero-order chi connectivity index (χ0) is 9.03. The molecule has 2 nitrogen and oxygen atoms in total. The van der Waals surface area contributed by atoms with E-state index in [0.29, 0.717) is 7.41 Å². The van der Waals surface area contributed by atoms with E-state index in [0.717, 1.165) is 5.56 Å². The highest BCUT2D eigenvalue weighted by atomic mass is 32.7. The van der Waals surface area contributed by atoms with Crippen LogP contribution in [-0.2, 0) is 9.46 Å². The molecule has 1 rings (SSSR count). The van der Waals surface area contributed by atoms with Crippen molar-refractivity contribution >= 4 is 22.7 Å². The fourth-order valence-corrected chi connectivity index (χ4v) is 2.12. The second kappa shape index (κ2) is 3.83. The summed E-state index contributed by atoms with van der Waals surface area (Å²) in [7, 11) is -2.56. The topological polar surface area (TPSA) is 34.1 Å². The molecule has 0 aromatic heterocycles. The summed E-state index contributed by atoms with van der Waals surface area (Å²) in [6, 6.07) is 9.40. The molecule has 0 fully saturated rings. The van der Waals surface area contributed by atoms with Gasteiger partial charge < -0.3 is 0 Å². The van der Waals surface area contributed by atoms with Crippen LogP contribution >= 0.6 is 7.41 Å². The maximum Gasteiger partial charge on any atom is 0.190 e. The number of hydrogen-bond acceptors (Lipinski definition) is 2. The Hall–Kier alpha value is -0.660. The Morgan fingerprint density at radius 1 is 1.25 bits per heavy atom. The zero-order valence-corrected chi connectivity index (χ0v) is 8.35. The standard InChI is InChI=1S/C8H9O2PS/c1-12(9,10)11-7-8-5-3-2-4-6-8/h2-7H,1H3. The van der Waals surface area contributed by atoms with Gasteiger partial charge in [-0.25, -0.2) is 8.42 Å². The smallest absolute Gasteiger partial charge is 0.190 e. The molecule has 0 unspecified atom stereocenters. The van der Waals surface area contributed by atoms with E-state index in [-0.39, 0.29) is 0 Å². The van der Waals surface area contributed by atoms with E-state index in [1.807, 2.05) is 30.3 Å². The van der Waals surface area contributed by atoms with Gasteiger partial charge in [0.1, 0.15) is 0 Å². The van der Waals surface area contributed by atoms with Crippen molar-refractivity contribution in [3.05, 3.63) is 35.9 Å². The Morgan fingerprint density at radius 3 is 2.33 bits per heavy atom. The summed E-state index contributed by atoms with van der Waals surface area (Å²) in [5.74, 6) is 1.68. The summed E-state index contributed by atoms with van der Waals surface area (Å²) in [6.07, 6.45) is 1.22. The second-order valence-corrected chi connectivity index (χ2v) is 6.94. The van der Waals surface area contributed by atoms with Crippen molar-refractivity contribution < 1.29 is 8.42 Å². The minimum atomic E-state index is -2.91. The van der Waals surface area contributed by atoms with Crippen LogP contribution in [0, 0.1) is 0 Å². The molecule has 0 heterocycles. The first-order chi connectivity index (χ1) is 5.58. The summed E-state index contributed by atoms with van der Waals surface area (Å²) in [4.78, 5) is 0. The van der Waals surface area contributed by atoms with Gasteiger partial charge in [-0.1, -0.05) is 30.3 Å². The minimum absolute atomic E-state index is 0.350. The van der Waals surface area contributed by atoms with Crippen LogP contribution in [0.25, 0.3) is 0 Å². The zero-order valence-electron chi connectivity index (χ0n) is 6.64. The van der Waals surface area contributed by atoms with Crippen molar-refractivity contribution in [2.45, 2.75) is 0 Å². The van der Waals surface area contributed by atoms with Crippen LogP contribution in [0.1, 0.15) is 5.56 Å². The van der Waals surface area contributed by atoms with Crippen molar-refractivity contribution in [2.75, 3.05) is 6.26 Å². The average molecular weight is 200 g/mol. The van der Waals surface area contributed by atoms with Gasteiger partial charge in [-0.05, 0) is 11.4 Å². The number of rotatable bonds is 2. The molecule has 0 N–H and O–H groups in total. The van der Waals surface area contributed by atoms with Crippen LogP contribution in [0.4, 0.5) is 0 Å². The van der Waals surface area contributed by atoms with Gasteiger partial charge in [-0.3, -0.25) is 0 Å². The maximum absolute atomic E-state index is 10.8. The molecule has 0 spiro atoms. The SMILES string of the molecule is CS(=O)(=O)P=Cc1ccccc1. The first kappa shape index (κ1) is 9.43. The highest BCUT2D eigenvalue weighted by molar-refractivity contribution is 8.42. The van der Waals surface area contributed by atoms with E-state index < -0.39 is 9.46 Å². The van der Waals surface area contributed by atoms with Crippen LogP contribution in [-0.4, -0.2) is 20.5 Å². The molecule has 0 aliphatic rings. The van der Waals surface area contributed by atoms with Gasteiger partial charge in [0.25, 0.3) is 0 Å². The highest BCUT2D eigenvalue weighted by Crippen LogP contribution is 2.08. The number of benzene rings is 1. The lowest BCUT2D eigenvalue weighted by Gasteiger charge is -1.88. The van der Waals surface area contributed by atoms with Gasteiger partial charge in [0.05, 0.1) is 0 Å². The summed E-state index contributed by atoms with van der Waals surface area (Å²) >= 11 is 0. The van der Waals surface area contributed by atoms with Gasteiger partial charge in [-0.2, -0.15) is 0 Å². The Bertz CT molecular complexity index is 367. The molecule has 0 aliphatic heterocycles. The summed E-state index contributed by atoms with van der Waals surface area (Å²) in [6.45, 7) is 0. The molecule has 0 atom stereocenters. The Morgan fingerprint density at radius 2 is 1.83 bits per heavy atom. The first-order valence-electron chi connectivity index (χ1n) is 3.38. The first-order valence-corrected chi connectivity index (χ1v) is 6.84. The fourth-order valence-electron chi connectivity index (χ4n) is 0.696. The van der Waals surface area contributed by atoms with Crippen LogP contribution in [0.2, 0.25) is 0 Å². The van der Waals surface area contributed by atoms with Crippen molar-refractivity contribution in [3.8, 4) is 0 Å². The van der Waals surface area contributed by atoms with Gasteiger partial charge in [-0.15, -0.1) is 0 Å². The lowest BCUT2D eigenvalue weighted by atomic mass is 10.2. The van der Waals surface area contributed by atoms with E-state index >= 15 is 0 Å². The molecule has 0 bridgehead atoms. The molecule has 0 aliphatic carbocycles. The highest BCUT2D eigenvalue weighted by Gasteiger charge is 1.93. The molecule has 0 saturated heterocycles. The van der Waals surface area contributed by atoms with Crippen LogP contribution in [0.15, 0.2) is 30.3 Å². The van der Waals surface area contributed by atoms with Crippen LogP contribution in [0.3, 0.4) is 0 Å². The molecule has 12 heavy (non-hydrogen) atoms. The van der Waals surface area contributed by atoms with E-state index in [1.165, 1.54) is 6.26 Å². The van der Waals surface area contributed by atoms with E-state index in [2.05, 4.69) is 0 Å². The third-order valence-corrected chi connectivity index (χ3v) is 3.44. The van der Waals surface area contributed by atoms with Crippen molar-refractivity contribution in [2.24, 2.45) is 0 Å². The third kappa shape index (κ3) is 3.65. The van der Waals surface area contributed by atoms with Crippen molar-refractivity contribution in [3.63, 3.8) is 0 Å². The van der Waals surface area contributed by atoms with E-state index in [4.69, 9.17) is 0 Å². The second-order valence-electron chi connectivity index (χ2n) is 2.38. The van der Waals surface area contributed by atoms with Gasteiger partial charge in [0.2, 0.25) is 0 Å². The lowest BCUT2D eigenvalue weighted by Crippen LogP contribution is -1.83. The van der Waals surface area contributed by atoms with E-state index in [9.17, 15) is 8.42 Å². The molecule has 0 amide bonds. The molecule has 0 radical (unpaired) electrons. The Balaban J connectivity index is 2.85. The van der Waals surface area contributed by atoms with Crippen LogP contribution in [0.5, 0.6) is 0 Å². The monoisotopic (exact) mass is 200 g/mol. The summed E-state index contributed by atoms with van der Waals surface area (Å²) in [5, 5.41) is 0. The van der Waals surface area contributed by atoms with Crippen molar-refractivity contribution in [1.82, 2.24) is 0 Å².